The minimum absolute atomic E-state index is 0.0961. The number of H-pyrrole nitrogens is 1. The predicted molar refractivity (Wildman–Crippen MR) is 422 cm³/mol. The number of aromatic nitrogens is 6. The van der Waals surface area contributed by atoms with Crippen LogP contribution < -0.4 is 30.2 Å². The Balaban J connectivity index is 0.000000163. The molecule has 4 aromatic carbocycles. The van der Waals surface area contributed by atoms with Crippen LogP contribution in [0.4, 0.5) is 27.8 Å². The number of imide groups is 4. The van der Waals surface area contributed by atoms with E-state index in [0.717, 1.165) is 217 Å². The Kier molecular flexibility index (Phi) is 19.4. The Hall–Kier alpha value is -11.8. The zero-order valence-electron chi connectivity index (χ0n) is 62.5. The molecule has 8 amide bonds. The second-order valence-electron chi connectivity index (χ2n) is 31.5. The fourth-order valence-corrected chi connectivity index (χ4v) is 17.4. The summed E-state index contributed by atoms with van der Waals surface area (Å²) >= 11 is 0. The van der Waals surface area contributed by atoms with E-state index in [4.69, 9.17) is 14.7 Å². The number of anilines is 4. The molecule has 0 radical (unpaired) electrons. The first-order chi connectivity index (χ1) is 53.8. The highest BCUT2D eigenvalue weighted by Gasteiger charge is 2.47. The highest BCUT2D eigenvalue weighted by molar-refractivity contribution is 6.25. The van der Waals surface area contributed by atoms with E-state index in [2.05, 4.69) is 104 Å². The van der Waals surface area contributed by atoms with E-state index >= 15 is 0 Å². The number of carbonyl (C=O) groups is 9. The third-order valence-corrected chi connectivity index (χ3v) is 23.6. The first-order valence-electron chi connectivity index (χ1n) is 38.9. The van der Waals surface area contributed by atoms with Crippen LogP contribution in [0.5, 0.6) is 0 Å². The highest BCUT2D eigenvalue weighted by atomic mass is 16.6. The monoisotopic (exact) mass is 1490 g/mol. The molecule has 10 aromatic rings. The molecule has 0 saturated carbocycles. The third kappa shape index (κ3) is 14.4. The van der Waals surface area contributed by atoms with Crippen molar-refractivity contribution >= 4 is 120 Å². The zero-order valence-corrected chi connectivity index (χ0v) is 62.5. The maximum atomic E-state index is 13.4. The van der Waals surface area contributed by atoms with Gasteiger partial charge in [0.15, 0.2) is 0 Å². The Morgan fingerprint density at radius 3 is 1.39 bits per heavy atom. The zero-order chi connectivity index (χ0) is 76.3. The van der Waals surface area contributed by atoms with E-state index in [9.17, 15) is 43.2 Å². The van der Waals surface area contributed by atoms with E-state index in [1.54, 1.807) is 41.2 Å². The number of carbonyl (C=O) groups excluding carboxylic acids is 9. The molecular weight excluding hydrogens is 1410 g/mol. The first kappa shape index (κ1) is 72.1. The van der Waals surface area contributed by atoms with E-state index in [1.807, 2.05) is 82.0 Å². The normalized spacial score (nSPS) is 19.9. The van der Waals surface area contributed by atoms with Crippen molar-refractivity contribution in [1.82, 2.24) is 59.7 Å². The van der Waals surface area contributed by atoms with Crippen LogP contribution in [0.3, 0.4) is 0 Å². The number of piperidine rings is 4. The van der Waals surface area contributed by atoms with Crippen LogP contribution in [-0.4, -0.2) is 212 Å². The summed E-state index contributed by atoms with van der Waals surface area (Å²) in [5, 5.41) is 8.65. The molecular formula is C85H88N16O10. The van der Waals surface area contributed by atoms with Gasteiger partial charge in [-0.3, -0.25) is 78.6 Å². The van der Waals surface area contributed by atoms with E-state index < -0.39 is 59.2 Å². The lowest BCUT2D eigenvalue weighted by atomic mass is 9.93. The molecule has 0 spiro atoms. The van der Waals surface area contributed by atoms with E-state index in [0.29, 0.717) is 34.1 Å². The number of amides is 8. The molecule has 0 bridgehead atoms. The van der Waals surface area contributed by atoms with Gasteiger partial charge < -0.3 is 29.3 Å². The first-order valence-corrected chi connectivity index (χ1v) is 38.9. The number of nitrogens with one attached hydrogen (secondary N) is 3. The van der Waals surface area contributed by atoms with Gasteiger partial charge in [0.1, 0.15) is 29.3 Å². The summed E-state index contributed by atoms with van der Waals surface area (Å²) in [4.78, 5) is 152. The van der Waals surface area contributed by atoms with Gasteiger partial charge in [0.25, 0.3) is 23.6 Å². The number of nitrogens with zero attached hydrogens (tertiary/aromatic N) is 13. The maximum absolute atomic E-state index is 13.4. The third-order valence-electron chi connectivity index (χ3n) is 23.6. The van der Waals surface area contributed by atoms with Gasteiger partial charge in [0.05, 0.1) is 33.3 Å². The Bertz CT molecular complexity index is 5370. The van der Waals surface area contributed by atoms with E-state index in [-0.39, 0.29) is 37.5 Å². The van der Waals surface area contributed by atoms with Gasteiger partial charge in [-0.15, -0.1) is 0 Å². The lowest BCUT2D eigenvalue weighted by molar-refractivity contribution is -0.137. The molecule has 26 heteroatoms. The average molecular weight is 1490 g/mol. The number of piperazine rings is 2. The summed E-state index contributed by atoms with van der Waals surface area (Å²) in [5.41, 5.74) is 10.3. The predicted octanol–water partition coefficient (Wildman–Crippen LogP) is 10.5. The minimum Gasteiger partial charge on any atom is -0.443 e. The van der Waals surface area contributed by atoms with Gasteiger partial charge in [0, 0.05) is 184 Å². The van der Waals surface area contributed by atoms with Crippen molar-refractivity contribution < 1.29 is 47.9 Å². The fraction of sp³-hybridized carbons (Fsp3) is 0.376. The molecule has 2 unspecified atom stereocenters. The molecule has 26 nitrogen and oxygen atoms in total. The van der Waals surface area contributed by atoms with Crippen molar-refractivity contribution in [3.05, 3.63) is 169 Å². The molecule has 6 saturated heterocycles. The number of fused-ring (bicyclic) bond motifs is 8. The molecule has 111 heavy (non-hydrogen) atoms. The fourth-order valence-electron chi connectivity index (χ4n) is 17.4. The second kappa shape index (κ2) is 29.9. The van der Waals surface area contributed by atoms with Gasteiger partial charge in [-0.1, -0.05) is 24.3 Å². The molecule has 8 aliphatic heterocycles. The summed E-state index contributed by atoms with van der Waals surface area (Å²) in [7, 11) is 0. The molecule has 18 rings (SSSR count). The molecule has 6 aromatic heterocycles. The molecule has 0 aliphatic carbocycles. The van der Waals surface area contributed by atoms with Crippen LogP contribution in [0.1, 0.15) is 126 Å². The van der Waals surface area contributed by atoms with Crippen molar-refractivity contribution in [2.24, 2.45) is 11.8 Å². The summed E-state index contributed by atoms with van der Waals surface area (Å²) in [5.74, 6) is -0.510. The Labute approximate surface area is 641 Å². The van der Waals surface area contributed by atoms with Crippen LogP contribution in [0.2, 0.25) is 0 Å². The van der Waals surface area contributed by atoms with Crippen molar-refractivity contribution in [1.29, 1.82) is 0 Å². The summed E-state index contributed by atoms with van der Waals surface area (Å²) in [6.45, 7) is 18.7. The number of aromatic amines is 1. The van der Waals surface area contributed by atoms with Crippen molar-refractivity contribution in [3.63, 3.8) is 0 Å². The molecule has 14 heterocycles. The van der Waals surface area contributed by atoms with Crippen LogP contribution >= 0.6 is 0 Å². The van der Waals surface area contributed by atoms with Gasteiger partial charge in [0.2, 0.25) is 23.6 Å². The lowest BCUT2D eigenvalue weighted by Crippen LogP contribution is -2.54. The number of hydrogen-bond acceptors (Lipinski definition) is 20. The number of rotatable bonds is 14. The van der Waals surface area contributed by atoms with Crippen LogP contribution in [0, 0.1) is 11.8 Å². The van der Waals surface area contributed by atoms with E-state index in [1.165, 1.54) is 11.8 Å². The number of hydrogen-bond donors (Lipinski definition) is 3. The SMILES string of the molecule is CC(C)(C)OC(=O)n1c2ccncc2c2ccc(-c3ccc(N4CCC(CCN5CCN(c6ccc7c(c6)C(=O)N(C6CCC(=O)NC6=O)C7=O)CC5)CC4)nc3)cc21.O=C1CCC(N2C(=O)c3ccc(N4CCN(CCC5CCN(c6ccc(-c7ccc8c(c7)[nH]c7ccncc78)cn6)CC5)CC4)cc3C2=O)C(=O)N1. The van der Waals surface area contributed by atoms with Gasteiger partial charge in [-0.05, 0) is 193 Å². The number of ether oxygens (including phenoxy) is 1. The number of pyridine rings is 4. The summed E-state index contributed by atoms with van der Waals surface area (Å²) < 4.78 is 7.42. The smallest absolute Gasteiger partial charge is 0.419 e. The standard InChI is InChI=1S/C45H48N8O6.C40H40N8O4/c1-45(2,3)59-44(58)52-36-12-16-46-27-35(36)32-7-4-29(24-38(32)52)30-5-10-39(47-26-30)51-18-14-28(15-19-51)13-17-49-20-22-50(23-21-49)31-6-8-33-34(25-31)43(57)53(42(33)56)37-9-11-40(54)48-41(37)55;49-37-8-6-35(38(50)44-37)48-39(51)30-5-3-28(22-31(30)40(48)52)46-19-17-45(18-20-46)14-10-25-11-15-47(16-12-25)36-7-2-27(23-42-36)26-1-4-29-32-24-41-13-9-33(32)43-34(29)21-26/h4-8,10,12,16,24-28,37H,9,11,13-15,17-23H2,1-3H3,(H,48,54,55);1-5,7,9,13,21-25,35,43H,6,8,10-12,14-20H2,(H,44,49,50). The van der Waals surface area contributed by atoms with Crippen molar-refractivity contribution in [3.8, 4) is 22.3 Å². The minimum atomic E-state index is -0.968. The maximum Gasteiger partial charge on any atom is 0.419 e. The molecule has 568 valence electrons. The largest absolute Gasteiger partial charge is 0.443 e. The topological polar surface area (TPSA) is 285 Å². The molecule has 8 aliphatic rings. The lowest BCUT2D eigenvalue weighted by Gasteiger charge is -2.38. The van der Waals surface area contributed by atoms with Crippen LogP contribution in [-0.2, 0) is 23.9 Å². The quantitative estimate of drug-likeness (QED) is 0.0853. The van der Waals surface area contributed by atoms with Crippen LogP contribution in [0.25, 0.3) is 65.9 Å². The Morgan fingerprint density at radius 1 is 0.432 bits per heavy atom. The van der Waals surface area contributed by atoms with Gasteiger partial charge in [-0.2, -0.15) is 0 Å². The van der Waals surface area contributed by atoms with Gasteiger partial charge in [-0.25, -0.2) is 19.3 Å². The van der Waals surface area contributed by atoms with Crippen molar-refractivity contribution in [2.75, 3.05) is 111 Å². The summed E-state index contributed by atoms with van der Waals surface area (Å²) in [6.07, 6.45) is 18.0. The van der Waals surface area contributed by atoms with Crippen molar-refractivity contribution in [2.45, 2.75) is 103 Å². The molecule has 2 atom stereocenters. The highest BCUT2D eigenvalue weighted by Crippen LogP contribution is 2.38. The molecule has 3 N–H and O–H groups in total. The van der Waals surface area contributed by atoms with Gasteiger partial charge >= 0.3 is 6.09 Å². The summed E-state index contributed by atoms with van der Waals surface area (Å²) in [6, 6.07) is 33.8. The second-order valence-corrected chi connectivity index (χ2v) is 31.5. The molecule has 6 fully saturated rings. The average Bonchev–Trinajstić information content (AvgIpc) is 1.51. The number of benzene rings is 4. The van der Waals surface area contributed by atoms with Crippen LogP contribution in [0.15, 0.2) is 146 Å². The Morgan fingerprint density at radius 2 is 0.901 bits per heavy atom.